The Morgan fingerprint density at radius 2 is 1.85 bits per heavy atom. The molecule has 0 atom stereocenters. The fourth-order valence-corrected chi connectivity index (χ4v) is 4.02. The number of benzene rings is 2. The molecule has 0 fully saturated rings. The summed E-state index contributed by atoms with van der Waals surface area (Å²) < 4.78 is 3.75. The van der Waals surface area contributed by atoms with Crippen LogP contribution >= 0.6 is 0 Å². The molecular formula is C25H24N6O2. The first kappa shape index (κ1) is 20.7. The van der Waals surface area contributed by atoms with Crippen molar-refractivity contribution in [3.63, 3.8) is 0 Å². The van der Waals surface area contributed by atoms with Gasteiger partial charge in [-0.25, -0.2) is 4.52 Å². The Hall–Kier alpha value is -4.17. The number of rotatable bonds is 7. The molecule has 0 spiro atoms. The molecule has 0 bridgehead atoms. The van der Waals surface area contributed by atoms with Crippen LogP contribution in [0, 0.1) is 6.92 Å². The Bertz CT molecular complexity index is 1440. The molecule has 0 saturated heterocycles. The molecule has 0 saturated carbocycles. The number of nitrogens with zero attached hydrogens (tertiary/aromatic N) is 4. The molecule has 5 aromatic rings. The van der Waals surface area contributed by atoms with Gasteiger partial charge in [-0.2, -0.15) is 4.98 Å². The predicted molar refractivity (Wildman–Crippen MR) is 128 cm³/mol. The summed E-state index contributed by atoms with van der Waals surface area (Å²) in [6.45, 7) is 2.71. The molecule has 8 heteroatoms. The molecule has 3 N–H and O–H groups in total. The number of nitrogens with one attached hydrogen (secondary N) is 2. The first-order valence-corrected chi connectivity index (χ1v) is 10.8. The molecule has 5 rings (SSSR count). The van der Waals surface area contributed by atoms with E-state index in [0.29, 0.717) is 18.1 Å². The van der Waals surface area contributed by atoms with Gasteiger partial charge in [0.2, 0.25) is 0 Å². The lowest BCUT2D eigenvalue weighted by molar-refractivity contribution is 0.0946. The standard InChI is InChI=1S/C25H24N6O2/c1-17-15-20-19(24(33)26-12-14-32)9-5-10-21(20)31(17)25-28-23(22-11-6-13-30(22)29-25)27-16-18-7-3-2-4-8-18/h2-11,13,15,32H,12,14,16H2,1H3,(H,26,33)(H,27,28,29). The number of aliphatic hydroxyl groups excluding tert-OH is 1. The van der Waals surface area contributed by atoms with E-state index in [4.69, 9.17) is 15.2 Å². The highest BCUT2D eigenvalue weighted by Gasteiger charge is 2.18. The predicted octanol–water partition coefficient (Wildman–Crippen LogP) is 3.32. The van der Waals surface area contributed by atoms with Crippen molar-refractivity contribution in [3.8, 4) is 5.95 Å². The van der Waals surface area contributed by atoms with Crippen molar-refractivity contribution in [2.24, 2.45) is 0 Å². The largest absolute Gasteiger partial charge is 0.395 e. The van der Waals surface area contributed by atoms with Crippen molar-refractivity contribution in [2.75, 3.05) is 18.5 Å². The van der Waals surface area contributed by atoms with Gasteiger partial charge in [0.15, 0.2) is 5.82 Å². The lowest BCUT2D eigenvalue weighted by Gasteiger charge is -2.12. The van der Waals surface area contributed by atoms with Crippen LogP contribution in [-0.4, -0.2) is 43.3 Å². The highest BCUT2D eigenvalue weighted by molar-refractivity contribution is 6.07. The van der Waals surface area contributed by atoms with E-state index in [-0.39, 0.29) is 19.1 Å². The summed E-state index contributed by atoms with van der Waals surface area (Å²) in [5.74, 6) is 1.01. The fraction of sp³-hybridized carbons (Fsp3) is 0.160. The molecule has 0 aliphatic rings. The number of aliphatic hydroxyl groups is 1. The third-order valence-electron chi connectivity index (χ3n) is 5.55. The average Bonchev–Trinajstić information content (AvgIpc) is 3.44. The van der Waals surface area contributed by atoms with Gasteiger partial charge in [0.25, 0.3) is 11.9 Å². The second-order valence-corrected chi connectivity index (χ2v) is 7.78. The quantitative estimate of drug-likeness (QED) is 0.361. The third-order valence-corrected chi connectivity index (χ3v) is 5.55. The van der Waals surface area contributed by atoms with Crippen LogP contribution in [0.2, 0.25) is 0 Å². The number of carbonyl (C=O) groups is 1. The maximum Gasteiger partial charge on any atom is 0.254 e. The van der Waals surface area contributed by atoms with Crippen molar-refractivity contribution in [1.82, 2.24) is 24.5 Å². The average molecular weight is 441 g/mol. The molecular weight excluding hydrogens is 416 g/mol. The van der Waals surface area contributed by atoms with E-state index in [1.54, 1.807) is 10.6 Å². The van der Waals surface area contributed by atoms with Gasteiger partial charge >= 0.3 is 0 Å². The Kier molecular flexibility index (Phi) is 5.50. The zero-order chi connectivity index (χ0) is 22.8. The molecule has 3 heterocycles. The van der Waals surface area contributed by atoms with Gasteiger partial charge in [-0.1, -0.05) is 36.4 Å². The fourth-order valence-electron chi connectivity index (χ4n) is 4.02. The maximum absolute atomic E-state index is 12.6. The number of amides is 1. The van der Waals surface area contributed by atoms with Crippen LogP contribution in [0.25, 0.3) is 22.4 Å². The van der Waals surface area contributed by atoms with E-state index in [0.717, 1.165) is 33.5 Å². The van der Waals surface area contributed by atoms with E-state index in [1.165, 1.54) is 0 Å². The Labute approximate surface area is 190 Å². The van der Waals surface area contributed by atoms with Crippen LogP contribution in [0.3, 0.4) is 0 Å². The molecule has 166 valence electrons. The highest BCUT2D eigenvalue weighted by Crippen LogP contribution is 2.27. The Balaban J connectivity index is 1.58. The van der Waals surface area contributed by atoms with E-state index in [1.807, 2.05) is 66.2 Å². The Morgan fingerprint density at radius 3 is 2.67 bits per heavy atom. The van der Waals surface area contributed by atoms with Crippen LogP contribution in [0.5, 0.6) is 0 Å². The van der Waals surface area contributed by atoms with Gasteiger partial charge < -0.3 is 15.7 Å². The molecule has 3 aromatic heterocycles. The molecule has 0 unspecified atom stereocenters. The molecule has 0 radical (unpaired) electrons. The first-order chi connectivity index (χ1) is 16.2. The maximum atomic E-state index is 12.6. The van der Waals surface area contributed by atoms with Crippen LogP contribution in [0.4, 0.5) is 5.82 Å². The number of hydrogen-bond acceptors (Lipinski definition) is 5. The van der Waals surface area contributed by atoms with Gasteiger partial charge in [0.1, 0.15) is 5.52 Å². The SMILES string of the molecule is Cc1cc2c(C(=O)NCCO)cccc2n1-c1nc(NCc2ccccc2)c2cccn2n1. The number of aryl methyl sites for hydroxylation is 1. The lowest BCUT2D eigenvalue weighted by Crippen LogP contribution is -2.26. The number of carbonyl (C=O) groups excluding carboxylic acids is 1. The number of hydrogen-bond donors (Lipinski definition) is 3. The second kappa shape index (κ2) is 8.76. The minimum Gasteiger partial charge on any atom is -0.395 e. The van der Waals surface area contributed by atoms with E-state index in [2.05, 4.69) is 22.8 Å². The minimum absolute atomic E-state index is 0.106. The van der Waals surface area contributed by atoms with Gasteiger partial charge in [0, 0.05) is 35.9 Å². The third kappa shape index (κ3) is 3.92. The van der Waals surface area contributed by atoms with Crippen molar-refractivity contribution in [2.45, 2.75) is 13.5 Å². The van der Waals surface area contributed by atoms with Gasteiger partial charge in [-0.3, -0.25) is 9.36 Å². The van der Waals surface area contributed by atoms with Gasteiger partial charge in [-0.15, -0.1) is 5.10 Å². The summed E-state index contributed by atoms with van der Waals surface area (Å²) >= 11 is 0. The summed E-state index contributed by atoms with van der Waals surface area (Å²) in [4.78, 5) is 17.5. The summed E-state index contributed by atoms with van der Waals surface area (Å²) in [6.07, 6.45) is 1.89. The molecule has 33 heavy (non-hydrogen) atoms. The smallest absolute Gasteiger partial charge is 0.254 e. The molecule has 2 aromatic carbocycles. The topological polar surface area (TPSA) is 96.5 Å². The highest BCUT2D eigenvalue weighted by atomic mass is 16.3. The normalized spacial score (nSPS) is 11.2. The van der Waals surface area contributed by atoms with Crippen molar-refractivity contribution in [1.29, 1.82) is 0 Å². The van der Waals surface area contributed by atoms with Crippen LogP contribution < -0.4 is 10.6 Å². The van der Waals surface area contributed by atoms with Crippen molar-refractivity contribution in [3.05, 3.63) is 89.7 Å². The van der Waals surface area contributed by atoms with Crippen LogP contribution in [0.15, 0.2) is 72.9 Å². The first-order valence-electron chi connectivity index (χ1n) is 10.8. The lowest BCUT2D eigenvalue weighted by atomic mass is 10.1. The van der Waals surface area contributed by atoms with Gasteiger partial charge in [0.05, 0.1) is 12.1 Å². The van der Waals surface area contributed by atoms with E-state index >= 15 is 0 Å². The molecule has 1 amide bonds. The summed E-state index contributed by atoms with van der Waals surface area (Å²) in [5, 5.41) is 20.7. The molecule has 8 nitrogen and oxygen atoms in total. The molecule has 0 aliphatic heterocycles. The van der Waals surface area contributed by atoms with Gasteiger partial charge in [-0.05, 0) is 42.8 Å². The number of fused-ring (bicyclic) bond motifs is 2. The monoisotopic (exact) mass is 440 g/mol. The van der Waals surface area contributed by atoms with E-state index in [9.17, 15) is 4.79 Å². The zero-order valence-electron chi connectivity index (χ0n) is 18.2. The summed E-state index contributed by atoms with van der Waals surface area (Å²) in [6, 6.07) is 21.6. The summed E-state index contributed by atoms with van der Waals surface area (Å²) in [5.41, 5.74) is 4.33. The Morgan fingerprint density at radius 1 is 1.03 bits per heavy atom. The number of aromatic nitrogens is 4. The summed E-state index contributed by atoms with van der Waals surface area (Å²) in [7, 11) is 0. The van der Waals surface area contributed by atoms with Crippen LogP contribution in [-0.2, 0) is 6.54 Å². The molecule has 0 aliphatic carbocycles. The van der Waals surface area contributed by atoms with Crippen LogP contribution in [0.1, 0.15) is 21.6 Å². The van der Waals surface area contributed by atoms with Crippen molar-refractivity contribution < 1.29 is 9.90 Å². The van der Waals surface area contributed by atoms with Crippen molar-refractivity contribution >= 4 is 28.1 Å². The minimum atomic E-state index is -0.223. The zero-order valence-corrected chi connectivity index (χ0v) is 18.2. The number of anilines is 1. The second-order valence-electron chi connectivity index (χ2n) is 7.78. The van der Waals surface area contributed by atoms with E-state index < -0.39 is 0 Å².